The van der Waals surface area contributed by atoms with Crippen LogP contribution in [0.1, 0.15) is 32.6 Å². The zero-order chi connectivity index (χ0) is 8.53. The normalized spacial score (nSPS) is 11.6. The molecule has 0 saturated heterocycles. The highest BCUT2D eigenvalue weighted by Crippen LogP contribution is 2.05. The third-order valence-corrected chi connectivity index (χ3v) is 1.65. The molecule has 0 aromatic heterocycles. The molecule has 0 radical (unpaired) electrons. The zero-order valence-corrected chi connectivity index (χ0v) is 7.05. The molecule has 0 rings (SSSR count). The van der Waals surface area contributed by atoms with Crippen LogP contribution in [0.3, 0.4) is 0 Å². The fraction of sp³-hybridized carbons (Fsp3) is 0.667. The van der Waals surface area contributed by atoms with Gasteiger partial charge in [0.2, 0.25) is 0 Å². The molecule has 11 heavy (non-hydrogen) atoms. The van der Waals surface area contributed by atoms with Crippen molar-refractivity contribution in [3.63, 3.8) is 0 Å². The molecule has 0 heterocycles. The van der Waals surface area contributed by atoms with Gasteiger partial charge in [0.15, 0.2) is 0 Å². The summed E-state index contributed by atoms with van der Waals surface area (Å²) >= 11 is 0. The molecule has 0 aromatic rings. The molecule has 0 fully saturated rings. The van der Waals surface area contributed by atoms with Crippen LogP contribution in [-0.4, -0.2) is 18.0 Å². The summed E-state index contributed by atoms with van der Waals surface area (Å²) in [4.78, 5) is 10.3. The number of aliphatic hydroxyl groups excluding tert-OH is 1. The largest absolute Gasteiger partial charge is 0.396 e. The minimum atomic E-state index is 0.256. The van der Waals surface area contributed by atoms with Crippen molar-refractivity contribution >= 4 is 6.29 Å². The van der Waals surface area contributed by atoms with Crippen molar-refractivity contribution < 1.29 is 9.90 Å². The summed E-state index contributed by atoms with van der Waals surface area (Å²) in [5.74, 6) is 0. The van der Waals surface area contributed by atoms with Crippen molar-refractivity contribution in [2.75, 3.05) is 6.61 Å². The molecule has 0 amide bonds. The van der Waals surface area contributed by atoms with Crippen LogP contribution in [0.5, 0.6) is 0 Å². The van der Waals surface area contributed by atoms with Crippen LogP contribution < -0.4 is 0 Å². The molecule has 2 nitrogen and oxygen atoms in total. The maximum atomic E-state index is 10.3. The summed E-state index contributed by atoms with van der Waals surface area (Å²) in [5.41, 5.74) is 0.864. The number of unbranched alkanes of at least 4 members (excludes halogenated alkanes) is 2. The number of aliphatic hydroxyl groups is 1. The molecular formula is C9H16O2. The average molecular weight is 156 g/mol. The maximum absolute atomic E-state index is 10.3. The Hall–Kier alpha value is -0.630. The quantitative estimate of drug-likeness (QED) is 0.361. The van der Waals surface area contributed by atoms with Crippen LogP contribution in [0, 0.1) is 0 Å². The highest BCUT2D eigenvalue weighted by Gasteiger charge is 1.93. The number of rotatable bonds is 6. The van der Waals surface area contributed by atoms with Gasteiger partial charge in [-0.3, -0.25) is 4.79 Å². The number of hydrogen-bond donors (Lipinski definition) is 1. The first-order valence-electron chi connectivity index (χ1n) is 4.06. The van der Waals surface area contributed by atoms with E-state index in [2.05, 4.69) is 0 Å². The van der Waals surface area contributed by atoms with E-state index in [1.165, 1.54) is 0 Å². The topological polar surface area (TPSA) is 37.3 Å². The summed E-state index contributed by atoms with van der Waals surface area (Å²) in [6.07, 6.45) is 6.43. The van der Waals surface area contributed by atoms with E-state index in [-0.39, 0.29) is 6.61 Å². The fourth-order valence-electron chi connectivity index (χ4n) is 0.889. The van der Waals surface area contributed by atoms with E-state index >= 15 is 0 Å². The molecule has 0 aliphatic carbocycles. The van der Waals surface area contributed by atoms with Gasteiger partial charge in [-0.05, 0) is 31.8 Å². The Morgan fingerprint density at radius 3 is 2.55 bits per heavy atom. The van der Waals surface area contributed by atoms with Gasteiger partial charge >= 0.3 is 0 Å². The van der Waals surface area contributed by atoms with Crippen LogP contribution in [0.4, 0.5) is 0 Å². The van der Waals surface area contributed by atoms with Crippen LogP contribution in [0.15, 0.2) is 11.6 Å². The van der Waals surface area contributed by atoms with E-state index in [9.17, 15) is 4.79 Å². The number of carbonyl (C=O) groups is 1. The lowest BCUT2D eigenvalue weighted by molar-refractivity contribution is -0.105. The van der Waals surface area contributed by atoms with E-state index < -0.39 is 0 Å². The molecule has 0 aliphatic rings. The molecule has 0 spiro atoms. The van der Waals surface area contributed by atoms with Crippen molar-refractivity contribution in [1.29, 1.82) is 0 Å². The smallest absolute Gasteiger partial charge is 0.145 e. The van der Waals surface area contributed by atoms with Crippen molar-refractivity contribution in [3.05, 3.63) is 11.6 Å². The molecular weight excluding hydrogens is 140 g/mol. The van der Waals surface area contributed by atoms with Gasteiger partial charge in [0.1, 0.15) is 6.29 Å². The van der Waals surface area contributed by atoms with E-state index in [4.69, 9.17) is 5.11 Å². The van der Waals surface area contributed by atoms with Crippen LogP contribution in [0.25, 0.3) is 0 Å². The standard InChI is InChI=1S/C9H16O2/c1-2-9(8-11)6-4-3-5-7-10/h2,8,10H,3-7H2,1H3/b9-2+. The predicted molar refractivity (Wildman–Crippen MR) is 45.4 cm³/mol. The van der Waals surface area contributed by atoms with Gasteiger partial charge in [0, 0.05) is 6.61 Å². The van der Waals surface area contributed by atoms with Crippen LogP contribution >= 0.6 is 0 Å². The molecule has 0 aliphatic heterocycles. The second-order valence-corrected chi connectivity index (χ2v) is 2.52. The number of aldehydes is 1. The lowest BCUT2D eigenvalue weighted by Crippen LogP contribution is -1.87. The Balaban J connectivity index is 3.29. The van der Waals surface area contributed by atoms with Crippen molar-refractivity contribution in [1.82, 2.24) is 0 Å². The first-order chi connectivity index (χ1) is 5.35. The Bertz CT molecular complexity index is 128. The maximum Gasteiger partial charge on any atom is 0.145 e. The van der Waals surface area contributed by atoms with Gasteiger partial charge in [-0.1, -0.05) is 12.5 Å². The Labute approximate surface area is 67.9 Å². The fourth-order valence-corrected chi connectivity index (χ4v) is 0.889. The molecule has 0 bridgehead atoms. The monoisotopic (exact) mass is 156 g/mol. The second kappa shape index (κ2) is 7.48. The first kappa shape index (κ1) is 10.4. The number of allylic oxidation sites excluding steroid dienone is 2. The van der Waals surface area contributed by atoms with Gasteiger partial charge in [-0.25, -0.2) is 0 Å². The average Bonchev–Trinajstić information content (AvgIpc) is 2.05. The summed E-state index contributed by atoms with van der Waals surface area (Å²) in [6, 6.07) is 0. The molecule has 0 saturated carbocycles. The molecule has 1 N–H and O–H groups in total. The van der Waals surface area contributed by atoms with E-state index in [1.54, 1.807) is 0 Å². The highest BCUT2D eigenvalue weighted by molar-refractivity contribution is 5.72. The SMILES string of the molecule is C/C=C(/C=O)CCCCCO. The highest BCUT2D eigenvalue weighted by atomic mass is 16.2. The van der Waals surface area contributed by atoms with E-state index in [0.717, 1.165) is 37.5 Å². The first-order valence-corrected chi connectivity index (χ1v) is 4.06. The van der Waals surface area contributed by atoms with E-state index in [0.29, 0.717) is 0 Å². The Morgan fingerprint density at radius 2 is 2.09 bits per heavy atom. The minimum Gasteiger partial charge on any atom is -0.396 e. The Morgan fingerprint density at radius 1 is 1.36 bits per heavy atom. The number of hydrogen-bond acceptors (Lipinski definition) is 2. The van der Waals surface area contributed by atoms with Crippen LogP contribution in [-0.2, 0) is 4.79 Å². The molecule has 64 valence electrons. The van der Waals surface area contributed by atoms with Crippen molar-refractivity contribution in [2.45, 2.75) is 32.6 Å². The molecule has 2 heteroatoms. The number of carbonyl (C=O) groups excluding carboxylic acids is 1. The van der Waals surface area contributed by atoms with Crippen molar-refractivity contribution in [2.24, 2.45) is 0 Å². The third kappa shape index (κ3) is 5.80. The van der Waals surface area contributed by atoms with Gasteiger partial charge < -0.3 is 5.11 Å². The Kier molecular flexibility index (Phi) is 7.05. The van der Waals surface area contributed by atoms with E-state index in [1.807, 2.05) is 13.0 Å². The zero-order valence-electron chi connectivity index (χ0n) is 7.05. The van der Waals surface area contributed by atoms with Gasteiger partial charge in [-0.15, -0.1) is 0 Å². The van der Waals surface area contributed by atoms with Gasteiger partial charge in [0.25, 0.3) is 0 Å². The summed E-state index contributed by atoms with van der Waals surface area (Å²) in [6.45, 7) is 2.13. The third-order valence-electron chi connectivity index (χ3n) is 1.65. The minimum absolute atomic E-state index is 0.256. The van der Waals surface area contributed by atoms with Gasteiger partial charge in [-0.2, -0.15) is 0 Å². The lowest BCUT2D eigenvalue weighted by Gasteiger charge is -1.97. The predicted octanol–water partition coefficient (Wildman–Crippen LogP) is 1.68. The summed E-state index contributed by atoms with van der Waals surface area (Å²) in [5, 5.41) is 8.46. The summed E-state index contributed by atoms with van der Waals surface area (Å²) in [7, 11) is 0. The van der Waals surface area contributed by atoms with Crippen molar-refractivity contribution in [3.8, 4) is 0 Å². The lowest BCUT2D eigenvalue weighted by atomic mass is 10.1. The van der Waals surface area contributed by atoms with Crippen LogP contribution in [0.2, 0.25) is 0 Å². The molecule has 0 unspecified atom stereocenters. The molecule has 0 atom stereocenters. The van der Waals surface area contributed by atoms with Gasteiger partial charge in [0.05, 0.1) is 0 Å². The summed E-state index contributed by atoms with van der Waals surface area (Å²) < 4.78 is 0. The second-order valence-electron chi connectivity index (χ2n) is 2.52. The molecule has 0 aromatic carbocycles.